The second-order valence-corrected chi connectivity index (χ2v) is 6.00. The molecule has 21 heavy (non-hydrogen) atoms. The SMILES string of the molecule is Cc1cnn([C@H](C)[C@@H](C)NC[C@H](O)CN2CCOCC2)c1. The van der Waals surface area contributed by atoms with Crippen LogP contribution in [0.15, 0.2) is 12.4 Å². The Morgan fingerprint density at radius 2 is 2.10 bits per heavy atom. The van der Waals surface area contributed by atoms with Crippen LogP contribution in [-0.4, -0.2) is 71.3 Å². The van der Waals surface area contributed by atoms with Crippen molar-refractivity contribution >= 4 is 0 Å². The number of morpholine rings is 1. The minimum absolute atomic E-state index is 0.253. The zero-order valence-corrected chi connectivity index (χ0v) is 13.3. The topological polar surface area (TPSA) is 62.5 Å². The third-order valence-corrected chi connectivity index (χ3v) is 4.12. The summed E-state index contributed by atoms with van der Waals surface area (Å²) in [5.41, 5.74) is 1.17. The Balaban J connectivity index is 1.71. The molecule has 6 heteroatoms. The molecule has 120 valence electrons. The molecule has 1 aromatic rings. The summed E-state index contributed by atoms with van der Waals surface area (Å²) < 4.78 is 7.29. The Labute approximate surface area is 127 Å². The average molecular weight is 296 g/mol. The first-order valence-electron chi connectivity index (χ1n) is 7.78. The number of rotatable bonds is 7. The summed E-state index contributed by atoms with van der Waals surface area (Å²) >= 11 is 0. The van der Waals surface area contributed by atoms with Crippen LogP contribution in [0.2, 0.25) is 0 Å². The molecule has 0 aliphatic carbocycles. The van der Waals surface area contributed by atoms with Crippen LogP contribution in [0.5, 0.6) is 0 Å². The number of aryl methyl sites for hydroxylation is 1. The summed E-state index contributed by atoms with van der Waals surface area (Å²) in [6.07, 6.45) is 3.57. The third-order valence-electron chi connectivity index (χ3n) is 4.12. The first-order chi connectivity index (χ1) is 10.1. The van der Waals surface area contributed by atoms with Gasteiger partial charge in [-0.25, -0.2) is 0 Å². The first-order valence-corrected chi connectivity index (χ1v) is 7.78. The minimum atomic E-state index is -0.350. The quantitative estimate of drug-likeness (QED) is 0.764. The van der Waals surface area contributed by atoms with Gasteiger partial charge in [-0.2, -0.15) is 5.10 Å². The predicted octanol–water partition coefficient (Wildman–Crippen LogP) is 0.424. The molecule has 6 nitrogen and oxygen atoms in total. The molecule has 0 amide bonds. The van der Waals surface area contributed by atoms with Gasteiger partial charge < -0.3 is 15.2 Å². The van der Waals surface area contributed by atoms with Gasteiger partial charge in [0.1, 0.15) is 0 Å². The van der Waals surface area contributed by atoms with Crippen LogP contribution in [0, 0.1) is 6.92 Å². The number of hydrogen-bond donors (Lipinski definition) is 2. The Morgan fingerprint density at radius 3 is 2.71 bits per heavy atom. The maximum Gasteiger partial charge on any atom is 0.0791 e. The van der Waals surface area contributed by atoms with Crippen LogP contribution >= 0.6 is 0 Å². The highest BCUT2D eigenvalue weighted by Crippen LogP contribution is 2.10. The molecule has 0 bridgehead atoms. The molecule has 3 atom stereocenters. The lowest BCUT2D eigenvalue weighted by molar-refractivity contribution is 0.0143. The highest BCUT2D eigenvalue weighted by Gasteiger charge is 2.18. The molecule has 0 aromatic carbocycles. The number of aromatic nitrogens is 2. The van der Waals surface area contributed by atoms with Crippen LogP contribution in [0.3, 0.4) is 0 Å². The Hall–Kier alpha value is -0.950. The lowest BCUT2D eigenvalue weighted by Crippen LogP contribution is -2.46. The molecule has 2 rings (SSSR count). The zero-order valence-electron chi connectivity index (χ0n) is 13.3. The lowest BCUT2D eigenvalue weighted by Gasteiger charge is -2.29. The summed E-state index contributed by atoms with van der Waals surface area (Å²) in [5.74, 6) is 0. The molecule has 2 N–H and O–H groups in total. The molecule has 1 saturated heterocycles. The van der Waals surface area contributed by atoms with Gasteiger partial charge in [0.25, 0.3) is 0 Å². The van der Waals surface area contributed by atoms with Crippen LogP contribution in [-0.2, 0) is 4.74 Å². The lowest BCUT2D eigenvalue weighted by atomic mass is 10.1. The number of hydrogen-bond acceptors (Lipinski definition) is 5. The van der Waals surface area contributed by atoms with E-state index in [9.17, 15) is 5.11 Å². The highest BCUT2D eigenvalue weighted by molar-refractivity contribution is 5.00. The van der Waals surface area contributed by atoms with Gasteiger partial charge in [0.2, 0.25) is 0 Å². The monoisotopic (exact) mass is 296 g/mol. The van der Waals surface area contributed by atoms with Crippen molar-refractivity contribution in [3.8, 4) is 0 Å². The molecule has 1 aromatic heterocycles. The van der Waals surface area contributed by atoms with E-state index in [1.807, 2.05) is 24.0 Å². The molecular weight excluding hydrogens is 268 g/mol. The second-order valence-electron chi connectivity index (χ2n) is 6.00. The summed E-state index contributed by atoms with van der Waals surface area (Å²) in [6, 6.07) is 0.512. The Kier molecular flexibility index (Phi) is 6.17. The van der Waals surface area contributed by atoms with E-state index in [1.165, 1.54) is 5.56 Å². The Bertz CT molecular complexity index is 418. The van der Waals surface area contributed by atoms with Crippen molar-refractivity contribution in [2.45, 2.75) is 39.0 Å². The van der Waals surface area contributed by atoms with Crippen molar-refractivity contribution < 1.29 is 9.84 Å². The zero-order chi connectivity index (χ0) is 15.2. The molecule has 1 fully saturated rings. The van der Waals surface area contributed by atoms with E-state index in [1.54, 1.807) is 0 Å². The third kappa shape index (κ3) is 5.07. The molecule has 1 aliphatic rings. The maximum atomic E-state index is 10.1. The molecule has 0 unspecified atom stereocenters. The molecule has 0 spiro atoms. The van der Waals surface area contributed by atoms with Gasteiger partial charge in [0.05, 0.1) is 31.6 Å². The highest BCUT2D eigenvalue weighted by atomic mass is 16.5. The van der Waals surface area contributed by atoms with Gasteiger partial charge in [-0.3, -0.25) is 9.58 Å². The Morgan fingerprint density at radius 1 is 1.38 bits per heavy atom. The summed E-state index contributed by atoms with van der Waals surface area (Å²) in [4.78, 5) is 2.25. The van der Waals surface area contributed by atoms with E-state index < -0.39 is 0 Å². The van der Waals surface area contributed by atoms with Crippen LogP contribution < -0.4 is 5.32 Å². The van der Waals surface area contributed by atoms with Gasteiger partial charge in [-0.05, 0) is 26.3 Å². The van der Waals surface area contributed by atoms with E-state index >= 15 is 0 Å². The number of ether oxygens (including phenoxy) is 1. The van der Waals surface area contributed by atoms with Crippen molar-refractivity contribution in [2.24, 2.45) is 0 Å². The number of aliphatic hydroxyl groups excluding tert-OH is 1. The second kappa shape index (κ2) is 7.89. The van der Waals surface area contributed by atoms with E-state index in [0.29, 0.717) is 13.1 Å². The van der Waals surface area contributed by atoms with Crippen LogP contribution in [0.1, 0.15) is 25.5 Å². The fourth-order valence-electron chi connectivity index (χ4n) is 2.52. The van der Waals surface area contributed by atoms with E-state index in [4.69, 9.17) is 4.74 Å². The van der Waals surface area contributed by atoms with Gasteiger partial charge in [0.15, 0.2) is 0 Å². The van der Waals surface area contributed by atoms with Crippen molar-refractivity contribution in [3.63, 3.8) is 0 Å². The smallest absolute Gasteiger partial charge is 0.0791 e. The minimum Gasteiger partial charge on any atom is -0.390 e. The van der Waals surface area contributed by atoms with E-state index in [0.717, 1.165) is 26.3 Å². The fraction of sp³-hybridized carbons (Fsp3) is 0.800. The molecule has 2 heterocycles. The number of aliphatic hydroxyl groups is 1. The van der Waals surface area contributed by atoms with E-state index in [-0.39, 0.29) is 18.2 Å². The van der Waals surface area contributed by atoms with Crippen molar-refractivity contribution in [1.29, 1.82) is 0 Å². The normalized spacial score (nSPS) is 21.1. The van der Waals surface area contributed by atoms with Crippen molar-refractivity contribution in [2.75, 3.05) is 39.4 Å². The van der Waals surface area contributed by atoms with Crippen molar-refractivity contribution in [3.05, 3.63) is 18.0 Å². The number of nitrogens with one attached hydrogen (secondary N) is 1. The first kappa shape index (κ1) is 16.4. The van der Waals surface area contributed by atoms with Crippen LogP contribution in [0.25, 0.3) is 0 Å². The average Bonchev–Trinajstić information content (AvgIpc) is 2.91. The number of β-amino-alcohol motifs (C(OH)–C–C–N with tert-alkyl or cyclic N) is 1. The van der Waals surface area contributed by atoms with E-state index in [2.05, 4.69) is 29.2 Å². The largest absolute Gasteiger partial charge is 0.390 e. The molecule has 1 aliphatic heterocycles. The fourth-order valence-corrected chi connectivity index (χ4v) is 2.52. The summed E-state index contributed by atoms with van der Waals surface area (Å²) in [6.45, 7) is 11.0. The van der Waals surface area contributed by atoms with Gasteiger partial charge in [-0.15, -0.1) is 0 Å². The predicted molar refractivity (Wildman–Crippen MR) is 82.4 cm³/mol. The molecule has 0 radical (unpaired) electrons. The number of nitrogens with zero attached hydrogens (tertiary/aromatic N) is 3. The maximum absolute atomic E-state index is 10.1. The summed E-state index contributed by atoms with van der Waals surface area (Å²) in [5, 5.41) is 17.9. The van der Waals surface area contributed by atoms with Crippen molar-refractivity contribution in [1.82, 2.24) is 20.0 Å². The van der Waals surface area contributed by atoms with Gasteiger partial charge in [-0.1, -0.05) is 0 Å². The van der Waals surface area contributed by atoms with Gasteiger partial charge in [0, 0.05) is 38.4 Å². The summed E-state index contributed by atoms with van der Waals surface area (Å²) in [7, 11) is 0. The molecular formula is C15H28N4O2. The standard InChI is InChI=1S/C15H28N4O2/c1-12-8-17-19(10-12)14(3)13(2)16-9-15(20)11-18-4-6-21-7-5-18/h8,10,13-16,20H,4-7,9,11H2,1-3H3/t13-,14-,15+/m1/s1. The van der Waals surface area contributed by atoms with Gasteiger partial charge >= 0.3 is 0 Å². The molecule has 0 saturated carbocycles. The van der Waals surface area contributed by atoms with Crippen LogP contribution in [0.4, 0.5) is 0 Å².